The van der Waals surface area contributed by atoms with Gasteiger partial charge in [-0.25, -0.2) is 4.39 Å². The number of nitrogens with zero attached hydrogens (tertiary/aromatic N) is 1. The lowest BCUT2D eigenvalue weighted by Crippen LogP contribution is -2.67. The van der Waals surface area contributed by atoms with Gasteiger partial charge in [0.15, 0.2) is 0 Å². The number of likely N-dealkylation sites (tertiary alicyclic amines) is 1. The first-order chi connectivity index (χ1) is 10.5. The third-order valence-electron chi connectivity index (χ3n) is 4.15. The molecule has 1 aliphatic heterocycles. The van der Waals surface area contributed by atoms with Gasteiger partial charge in [-0.15, -0.1) is 0 Å². The molecular formula is C15H22FNO5. The van der Waals surface area contributed by atoms with Gasteiger partial charge in [0.1, 0.15) is 30.4 Å². The van der Waals surface area contributed by atoms with E-state index in [1.165, 1.54) is 17.0 Å². The van der Waals surface area contributed by atoms with Crippen molar-refractivity contribution >= 4 is 0 Å². The van der Waals surface area contributed by atoms with Crippen molar-refractivity contribution < 1.29 is 29.9 Å². The number of aliphatic hydroxyl groups is 5. The van der Waals surface area contributed by atoms with Crippen LogP contribution in [0.2, 0.25) is 0 Å². The van der Waals surface area contributed by atoms with E-state index in [0.29, 0.717) is 19.4 Å². The zero-order valence-corrected chi connectivity index (χ0v) is 12.1. The van der Waals surface area contributed by atoms with E-state index < -0.39 is 37.2 Å². The Balaban J connectivity index is 1.95. The molecule has 0 amide bonds. The number of benzene rings is 1. The summed E-state index contributed by atoms with van der Waals surface area (Å²) in [6.07, 6.45) is -4.49. The van der Waals surface area contributed by atoms with Gasteiger partial charge in [0, 0.05) is 6.54 Å². The van der Waals surface area contributed by atoms with E-state index in [1.54, 1.807) is 12.1 Å². The van der Waals surface area contributed by atoms with Crippen LogP contribution in [0.15, 0.2) is 24.3 Å². The Hall–Kier alpha value is -1.09. The summed E-state index contributed by atoms with van der Waals surface area (Å²) in [4.78, 5) is 1.38. The molecular weight excluding hydrogens is 293 g/mol. The molecule has 0 aliphatic carbocycles. The van der Waals surface area contributed by atoms with Crippen LogP contribution in [0.5, 0.6) is 0 Å². The second-order valence-electron chi connectivity index (χ2n) is 5.60. The summed E-state index contributed by atoms with van der Waals surface area (Å²) in [5.41, 5.74) is 0.926. The molecule has 1 saturated heterocycles. The summed E-state index contributed by atoms with van der Waals surface area (Å²) in [5.74, 6) is -0.309. The van der Waals surface area contributed by atoms with E-state index >= 15 is 0 Å². The summed E-state index contributed by atoms with van der Waals surface area (Å²) in [6.45, 7) is -0.136. The second-order valence-corrected chi connectivity index (χ2v) is 5.60. The SMILES string of the molecule is OC[C@@H]1[C@@H](O)[C@H](O)[C@@H](O)C(O)N1CCCc1ccc(F)cc1. The molecule has 22 heavy (non-hydrogen) atoms. The summed E-state index contributed by atoms with van der Waals surface area (Å²) >= 11 is 0. The zero-order valence-electron chi connectivity index (χ0n) is 12.1. The van der Waals surface area contributed by atoms with Crippen LogP contribution < -0.4 is 0 Å². The first kappa shape index (κ1) is 17.3. The number of halogens is 1. The van der Waals surface area contributed by atoms with Crippen molar-refractivity contribution in [2.75, 3.05) is 13.2 Å². The molecule has 1 aromatic carbocycles. The maximum Gasteiger partial charge on any atom is 0.136 e. The van der Waals surface area contributed by atoms with E-state index in [9.17, 15) is 29.9 Å². The van der Waals surface area contributed by atoms with Crippen molar-refractivity contribution in [2.24, 2.45) is 0 Å². The van der Waals surface area contributed by atoms with Crippen LogP contribution in [0, 0.1) is 5.82 Å². The van der Waals surface area contributed by atoms with Crippen LogP contribution in [0.1, 0.15) is 12.0 Å². The fraction of sp³-hybridized carbons (Fsp3) is 0.600. The van der Waals surface area contributed by atoms with Crippen LogP contribution in [0.25, 0.3) is 0 Å². The summed E-state index contributed by atoms with van der Waals surface area (Å²) in [7, 11) is 0. The van der Waals surface area contributed by atoms with E-state index in [2.05, 4.69) is 0 Å². The lowest BCUT2D eigenvalue weighted by molar-refractivity contribution is -0.222. The normalized spacial score (nSPS) is 33.1. The molecule has 0 spiro atoms. The van der Waals surface area contributed by atoms with E-state index in [1.807, 2.05) is 0 Å². The molecule has 5 atom stereocenters. The lowest BCUT2D eigenvalue weighted by atomic mass is 9.92. The second kappa shape index (κ2) is 7.45. The molecule has 0 radical (unpaired) electrons. The van der Waals surface area contributed by atoms with Crippen LogP contribution in [0.3, 0.4) is 0 Å². The van der Waals surface area contributed by atoms with Crippen LogP contribution >= 0.6 is 0 Å². The average Bonchev–Trinajstić information content (AvgIpc) is 2.52. The van der Waals surface area contributed by atoms with Crippen molar-refractivity contribution in [3.05, 3.63) is 35.6 Å². The Morgan fingerprint density at radius 1 is 0.955 bits per heavy atom. The summed E-state index contributed by atoms with van der Waals surface area (Å²) < 4.78 is 12.8. The predicted octanol–water partition coefficient (Wildman–Crippen LogP) is -1.16. The molecule has 1 heterocycles. The van der Waals surface area contributed by atoms with Crippen LogP contribution in [-0.4, -0.2) is 74.2 Å². The minimum Gasteiger partial charge on any atom is -0.395 e. The first-order valence-corrected chi connectivity index (χ1v) is 7.29. The molecule has 5 N–H and O–H groups in total. The molecule has 0 bridgehead atoms. The number of aryl methyl sites for hydroxylation is 1. The quantitative estimate of drug-likeness (QED) is 0.469. The maximum atomic E-state index is 12.8. The van der Waals surface area contributed by atoms with E-state index in [0.717, 1.165) is 5.56 Å². The van der Waals surface area contributed by atoms with Crippen molar-refractivity contribution in [3.8, 4) is 0 Å². The molecule has 1 fully saturated rings. The van der Waals surface area contributed by atoms with Gasteiger partial charge >= 0.3 is 0 Å². The molecule has 1 aliphatic rings. The third kappa shape index (κ3) is 3.62. The third-order valence-corrected chi connectivity index (χ3v) is 4.15. The average molecular weight is 315 g/mol. The number of rotatable bonds is 5. The predicted molar refractivity (Wildman–Crippen MR) is 76.3 cm³/mol. The van der Waals surface area contributed by atoms with Crippen LogP contribution in [0.4, 0.5) is 4.39 Å². The highest BCUT2D eigenvalue weighted by Crippen LogP contribution is 2.23. The lowest BCUT2D eigenvalue weighted by Gasteiger charge is -2.46. The number of piperidine rings is 1. The Kier molecular flexibility index (Phi) is 5.85. The van der Waals surface area contributed by atoms with E-state index in [4.69, 9.17) is 0 Å². The Labute approximate surface area is 128 Å². The molecule has 1 unspecified atom stereocenters. The molecule has 7 heteroatoms. The van der Waals surface area contributed by atoms with Crippen molar-refractivity contribution in [2.45, 2.75) is 43.4 Å². The number of aliphatic hydroxyl groups excluding tert-OH is 5. The van der Waals surface area contributed by atoms with Gasteiger partial charge in [-0.3, -0.25) is 4.90 Å². The van der Waals surface area contributed by atoms with Gasteiger partial charge in [0.2, 0.25) is 0 Å². The maximum absolute atomic E-state index is 12.8. The van der Waals surface area contributed by atoms with Crippen molar-refractivity contribution in [1.29, 1.82) is 0 Å². The topological polar surface area (TPSA) is 104 Å². The van der Waals surface area contributed by atoms with Gasteiger partial charge in [-0.05, 0) is 30.5 Å². The van der Waals surface area contributed by atoms with E-state index in [-0.39, 0.29) is 5.82 Å². The highest BCUT2D eigenvalue weighted by Gasteiger charge is 2.46. The van der Waals surface area contributed by atoms with Gasteiger partial charge in [0.25, 0.3) is 0 Å². The largest absolute Gasteiger partial charge is 0.395 e. The monoisotopic (exact) mass is 315 g/mol. The van der Waals surface area contributed by atoms with Crippen molar-refractivity contribution in [1.82, 2.24) is 4.90 Å². The standard InChI is InChI=1S/C15H22FNO5/c16-10-5-3-9(4-6-10)2-1-7-17-11(8-18)12(19)13(20)14(21)15(17)22/h3-6,11-15,18-22H,1-2,7-8H2/t11-,12-,13+,14-,15?/m1/s1. The fourth-order valence-corrected chi connectivity index (χ4v) is 2.82. The fourth-order valence-electron chi connectivity index (χ4n) is 2.82. The van der Waals surface area contributed by atoms with Gasteiger partial charge in [0.05, 0.1) is 12.6 Å². The highest BCUT2D eigenvalue weighted by atomic mass is 19.1. The molecule has 1 aromatic rings. The highest BCUT2D eigenvalue weighted by molar-refractivity contribution is 5.16. The molecule has 2 rings (SSSR count). The van der Waals surface area contributed by atoms with Crippen LogP contribution in [-0.2, 0) is 6.42 Å². The first-order valence-electron chi connectivity index (χ1n) is 7.29. The Morgan fingerprint density at radius 2 is 1.59 bits per heavy atom. The minimum atomic E-state index is -1.50. The summed E-state index contributed by atoms with van der Waals surface area (Å²) in [6, 6.07) is 5.22. The summed E-state index contributed by atoms with van der Waals surface area (Å²) in [5, 5.41) is 48.6. The molecule has 0 aromatic heterocycles. The number of hydrogen-bond acceptors (Lipinski definition) is 6. The number of hydrogen-bond donors (Lipinski definition) is 5. The molecule has 6 nitrogen and oxygen atoms in total. The van der Waals surface area contributed by atoms with Gasteiger partial charge < -0.3 is 25.5 Å². The molecule has 0 saturated carbocycles. The molecule has 124 valence electrons. The van der Waals surface area contributed by atoms with Gasteiger partial charge in [-0.1, -0.05) is 12.1 Å². The van der Waals surface area contributed by atoms with Gasteiger partial charge in [-0.2, -0.15) is 0 Å². The Bertz CT molecular complexity index is 472. The van der Waals surface area contributed by atoms with Crippen molar-refractivity contribution in [3.63, 3.8) is 0 Å². The smallest absolute Gasteiger partial charge is 0.136 e. The Morgan fingerprint density at radius 3 is 2.18 bits per heavy atom. The minimum absolute atomic E-state index is 0.309. The zero-order chi connectivity index (χ0) is 16.3.